The van der Waals surface area contributed by atoms with Crippen LogP contribution in [0.15, 0.2) is 24.3 Å². The summed E-state index contributed by atoms with van der Waals surface area (Å²) in [5.74, 6) is 1.11. The number of hydrogen-bond donors (Lipinski definition) is 1. The molecule has 1 fully saturated rings. The number of phenols is 1. The van der Waals surface area contributed by atoms with Crippen molar-refractivity contribution in [2.75, 3.05) is 0 Å². The molecule has 1 aliphatic rings. The Bertz CT molecular complexity index is 453. The summed E-state index contributed by atoms with van der Waals surface area (Å²) in [4.78, 5) is 0. The van der Waals surface area contributed by atoms with Gasteiger partial charge in [-0.3, -0.25) is 0 Å². The first-order valence-corrected chi connectivity index (χ1v) is 7.36. The fourth-order valence-electron chi connectivity index (χ4n) is 3.31. The van der Waals surface area contributed by atoms with Crippen molar-refractivity contribution in [3.8, 4) is 11.8 Å². The lowest BCUT2D eigenvalue weighted by Crippen LogP contribution is -2.28. The molecule has 1 saturated carbocycles. The van der Waals surface area contributed by atoms with Crippen LogP contribution < -0.4 is 0 Å². The molecule has 1 aliphatic carbocycles. The predicted octanol–water partition coefficient (Wildman–Crippen LogP) is 4.43. The summed E-state index contributed by atoms with van der Waals surface area (Å²) in [5.41, 5.74) is 0.869. The molecule has 19 heavy (non-hydrogen) atoms. The number of rotatable bonds is 4. The molecular weight excluding hydrogens is 234 g/mol. The average Bonchev–Trinajstić information content (AvgIpc) is 2.42. The van der Waals surface area contributed by atoms with Gasteiger partial charge in [0.2, 0.25) is 0 Å². The normalized spacial score (nSPS) is 26.8. The molecule has 1 N–H and O–H groups in total. The van der Waals surface area contributed by atoms with Crippen LogP contribution in [0, 0.1) is 22.7 Å². The lowest BCUT2D eigenvalue weighted by atomic mass is 9.67. The molecular formula is C17H23NO. The first-order valence-electron chi connectivity index (χ1n) is 7.36. The zero-order valence-electron chi connectivity index (χ0n) is 11.7. The highest BCUT2D eigenvalue weighted by Crippen LogP contribution is 2.42. The lowest BCUT2D eigenvalue weighted by Gasteiger charge is -2.35. The lowest BCUT2D eigenvalue weighted by molar-refractivity contribution is 0.200. The van der Waals surface area contributed by atoms with E-state index < -0.39 is 0 Å². The van der Waals surface area contributed by atoms with Crippen LogP contribution in [0.5, 0.6) is 5.75 Å². The van der Waals surface area contributed by atoms with Crippen LogP contribution in [0.2, 0.25) is 0 Å². The van der Waals surface area contributed by atoms with Crippen molar-refractivity contribution in [1.82, 2.24) is 0 Å². The van der Waals surface area contributed by atoms with Crippen LogP contribution in [0.3, 0.4) is 0 Å². The topological polar surface area (TPSA) is 44.0 Å². The monoisotopic (exact) mass is 257 g/mol. The summed E-state index contributed by atoms with van der Waals surface area (Å²) in [6.45, 7) is 2.24. The van der Waals surface area contributed by atoms with Crippen molar-refractivity contribution in [3.05, 3.63) is 29.8 Å². The molecule has 0 aromatic heterocycles. The number of aromatic hydroxyl groups is 1. The summed E-state index contributed by atoms with van der Waals surface area (Å²) in [6, 6.07) is 9.91. The molecule has 0 atom stereocenters. The molecule has 1 aromatic carbocycles. The summed E-state index contributed by atoms with van der Waals surface area (Å²) in [5, 5.41) is 19.1. The zero-order chi connectivity index (χ0) is 13.7. The largest absolute Gasteiger partial charge is 0.508 e. The van der Waals surface area contributed by atoms with Gasteiger partial charge in [0.25, 0.3) is 0 Å². The third-order valence-electron chi connectivity index (χ3n) is 4.45. The van der Waals surface area contributed by atoms with Crippen LogP contribution in [-0.4, -0.2) is 5.11 Å². The number of nitriles is 1. The smallest absolute Gasteiger partial charge is 0.115 e. The van der Waals surface area contributed by atoms with E-state index in [2.05, 4.69) is 13.0 Å². The summed E-state index contributed by atoms with van der Waals surface area (Å²) in [6.07, 6.45) is 7.69. The van der Waals surface area contributed by atoms with E-state index in [1.165, 1.54) is 25.7 Å². The molecule has 1 aromatic rings. The minimum atomic E-state index is -0.210. The van der Waals surface area contributed by atoms with Gasteiger partial charge in [0, 0.05) is 0 Å². The van der Waals surface area contributed by atoms with Gasteiger partial charge in [-0.15, -0.1) is 0 Å². The van der Waals surface area contributed by atoms with E-state index >= 15 is 0 Å². The first kappa shape index (κ1) is 13.9. The SMILES string of the molecule is CCCC1CCC(C#N)(Cc2cccc(O)c2)CC1. The van der Waals surface area contributed by atoms with Gasteiger partial charge in [-0.25, -0.2) is 0 Å². The molecule has 0 aliphatic heterocycles. The van der Waals surface area contributed by atoms with E-state index in [4.69, 9.17) is 0 Å². The maximum atomic E-state index is 9.58. The highest BCUT2D eigenvalue weighted by molar-refractivity contribution is 5.29. The average molecular weight is 257 g/mol. The third-order valence-corrected chi connectivity index (χ3v) is 4.45. The Morgan fingerprint density at radius 1 is 1.37 bits per heavy atom. The molecule has 2 nitrogen and oxygen atoms in total. The van der Waals surface area contributed by atoms with Crippen molar-refractivity contribution in [3.63, 3.8) is 0 Å². The molecule has 2 rings (SSSR count). The van der Waals surface area contributed by atoms with Crippen molar-refractivity contribution >= 4 is 0 Å². The molecule has 0 heterocycles. The highest BCUT2D eigenvalue weighted by Gasteiger charge is 2.35. The molecule has 0 amide bonds. The first-order chi connectivity index (χ1) is 9.17. The van der Waals surface area contributed by atoms with Crippen molar-refractivity contribution in [1.29, 1.82) is 5.26 Å². The van der Waals surface area contributed by atoms with E-state index in [9.17, 15) is 10.4 Å². The second-order valence-corrected chi connectivity index (χ2v) is 5.97. The zero-order valence-corrected chi connectivity index (χ0v) is 11.7. The van der Waals surface area contributed by atoms with E-state index in [0.29, 0.717) is 5.75 Å². The van der Waals surface area contributed by atoms with Gasteiger partial charge in [-0.05, 0) is 55.7 Å². The van der Waals surface area contributed by atoms with Gasteiger partial charge >= 0.3 is 0 Å². The number of benzene rings is 1. The molecule has 0 radical (unpaired) electrons. The summed E-state index contributed by atoms with van der Waals surface area (Å²) >= 11 is 0. The van der Waals surface area contributed by atoms with E-state index in [-0.39, 0.29) is 5.41 Å². The van der Waals surface area contributed by atoms with Crippen LogP contribution in [0.4, 0.5) is 0 Å². The van der Waals surface area contributed by atoms with Crippen LogP contribution in [0.25, 0.3) is 0 Å². The molecule has 0 spiro atoms. The Hall–Kier alpha value is -1.49. The Kier molecular flexibility index (Phi) is 4.47. The quantitative estimate of drug-likeness (QED) is 0.866. The number of phenolic OH excluding ortho intramolecular Hbond substituents is 1. The van der Waals surface area contributed by atoms with E-state index in [1.807, 2.05) is 12.1 Å². The predicted molar refractivity (Wildman–Crippen MR) is 76.7 cm³/mol. The molecule has 0 unspecified atom stereocenters. The minimum absolute atomic E-state index is 0.210. The van der Waals surface area contributed by atoms with Crippen molar-refractivity contribution in [2.24, 2.45) is 11.3 Å². The van der Waals surface area contributed by atoms with Crippen LogP contribution in [0.1, 0.15) is 51.0 Å². The Morgan fingerprint density at radius 3 is 2.68 bits per heavy atom. The van der Waals surface area contributed by atoms with E-state index in [0.717, 1.165) is 30.7 Å². The number of hydrogen-bond acceptors (Lipinski definition) is 2. The maximum Gasteiger partial charge on any atom is 0.115 e. The minimum Gasteiger partial charge on any atom is -0.508 e. The van der Waals surface area contributed by atoms with E-state index in [1.54, 1.807) is 12.1 Å². The van der Waals surface area contributed by atoms with Gasteiger partial charge in [-0.2, -0.15) is 5.26 Å². The van der Waals surface area contributed by atoms with Crippen LogP contribution >= 0.6 is 0 Å². The molecule has 0 saturated heterocycles. The second kappa shape index (κ2) is 6.10. The molecule has 2 heteroatoms. The summed E-state index contributed by atoms with van der Waals surface area (Å²) < 4.78 is 0. The molecule has 0 bridgehead atoms. The second-order valence-electron chi connectivity index (χ2n) is 5.97. The van der Waals surface area contributed by atoms with Crippen molar-refractivity contribution in [2.45, 2.75) is 51.9 Å². The standard InChI is InChI=1S/C17H23NO/c1-2-4-14-7-9-17(13-18,10-8-14)12-15-5-3-6-16(19)11-15/h3,5-6,11,14,19H,2,4,7-10,12H2,1H3. The maximum absolute atomic E-state index is 9.58. The van der Waals surface area contributed by atoms with Gasteiger partial charge in [-0.1, -0.05) is 31.9 Å². The highest BCUT2D eigenvalue weighted by atomic mass is 16.3. The van der Waals surface area contributed by atoms with Gasteiger partial charge in [0.05, 0.1) is 11.5 Å². The number of nitrogens with zero attached hydrogens (tertiary/aromatic N) is 1. The Labute approximate surface area is 116 Å². The van der Waals surface area contributed by atoms with Crippen LogP contribution in [-0.2, 0) is 6.42 Å². The fraction of sp³-hybridized carbons (Fsp3) is 0.588. The van der Waals surface area contributed by atoms with Gasteiger partial charge in [0.1, 0.15) is 5.75 Å². The molecule has 102 valence electrons. The van der Waals surface area contributed by atoms with Crippen molar-refractivity contribution < 1.29 is 5.11 Å². The third kappa shape index (κ3) is 3.50. The van der Waals surface area contributed by atoms with Gasteiger partial charge in [0.15, 0.2) is 0 Å². The Morgan fingerprint density at radius 2 is 2.11 bits per heavy atom. The van der Waals surface area contributed by atoms with Gasteiger partial charge < -0.3 is 5.11 Å². The Balaban J connectivity index is 2.03. The summed E-state index contributed by atoms with van der Waals surface area (Å²) in [7, 11) is 0. The fourth-order valence-corrected chi connectivity index (χ4v) is 3.31.